The Morgan fingerprint density at radius 3 is 2.65 bits per heavy atom. The van der Waals surface area contributed by atoms with E-state index in [0.29, 0.717) is 11.3 Å². The Balaban J connectivity index is 2.01. The zero-order chi connectivity index (χ0) is 16.7. The van der Waals surface area contributed by atoms with Crippen molar-refractivity contribution in [2.75, 3.05) is 13.2 Å². The number of amides is 1. The van der Waals surface area contributed by atoms with Gasteiger partial charge in [0.25, 0.3) is 0 Å². The van der Waals surface area contributed by atoms with Crippen LogP contribution < -0.4 is 10.1 Å². The summed E-state index contributed by atoms with van der Waals surface area (Å²) in [6.07, 6.45) is 0. The maximum Gasteiger partial charge on any atom is 0.227 e. The summed E-state index contributed by atoms with van der Waals surface area (Å²) in [6.45, 7) is 2.06. The third-order valence-electron chi connectivity index (χ3n) is 3.54. The first-order valence-electron chi connectivity index (χ1n) is 7.47. The van der Waals surface area contributed by atoms with Gasteiger partial charge in [0, 0.05) is 12.1 Å². The van der Waals surface area contributed by atoms with E-state index in [-0.39, 0.29) is 31.5 Å². The number of carbonyl (C=O) groups is 1. The average Bonchev–Trinajstić information content (AvgIpc) is 2.58. The molecule has 1 amide bonds. The minimum Gasteiger partial charge on any atom is -0.491 e. The van der Waals surface area contributed by atoms with Gasteiger partial charge in [-0.2, -0.15) is 0 Å². The van der Waals surface area contributed by atoms with Crippen LogP contribution in [-0.4, -0.2) is 24.2 Å². The SMILES string of the molecule is CC(C(=O)NCc1ccccc1OCCO)c1ccccc1F. The lowest BCUT2D eigenvalue weighted by Gasteiger charge is -2.15. The van der Waals surface area contributed by atoms with E-state index in [1.54, 1.807) is 31.2 Å². The molecule has 2 rings (SSSR count). The van der Waals surface area contributed by atoms with Crippen LogP contribution in [0.5, 0.6) is 5.75 Å². The van der Waals surface area contributed by atoms with Crippen LogP contribution >= 0.6 is 0 Å². The fraction of sp³-hybridized carbons (Fsp3) is 0.278. The predicted molar refractivity (Wildman–Crippen MR) is 85.7 cm³/mol. The van der Waals surface area contributed by atoms with Gasteiger partial charge in [0.2, 0.25) is 5.91 Å². The normalized spacial score (nSPS) is 11.8. The van der Waals surface area contributed by atoms with Crippen molar-refractivity contribution in [2.45, 2.75) is 19.4 Å². The van der Waals surface area contributed by atoms with E-state index in [9.17, 15) is 9.18 Å². The number of carbonyl (C=O) groups excluding carboxylic acids is 1. The van der Waals surface area contributed by atoms with Crippen molar-refractivity contribution in [1.82, 2.24) is 5.32 Å². The molecule has 23 heavy (non-hydrogen) atoms. The number of hydrogen-bond acceptors (Lipinski definition) is 3. The van der Waals surface area contributed by atoms with E-state index in [4.69, 9.17) is 9.84 Å². The standard InChI is InChI=1S/C18H20FNO3/c1-13(15-7-3-4-8-16(15)19)18(22)20-12-14-6-2-5-9-17(14)23-11-10-21/h2-9,13,21H,10-12H2,1H3,(H,20,22). The molecule has 2 aromatic rings. The first-order chi connectivity index (χ1) is 11.1. The second kappa shape index (κ2) is 8.29. The first kappa shape index (κ1) is 17.0. The monoisotopic (exact) mass is 317 g/mol. The molecule has 122 valence electrons. The van der Waals surface area contributed by atoms with Crippen LogP contribution in [0.15, 0.2) is 48.5 Å². The second-order valence-electron chi connectivity index (χ2n) is 5.14. The van der Waals surface area contributed by atoms with Crippen LogP contribution in [0.2, 0.25) is 0 Å². The largest absolute Gasteiger partial charge is 0.491 e. The Kier molecular flexibility index (Phi) is 6.11. The summed E-state index contributed by atoms with van der Waals surface area (Å²) in [5.74, 6) is -0.615. The average molecular weight is 317 g/mol. The Morgan fingerprint density at radius 1 is 1.22 bits per heavy atom. The van der Waals surface area contributed by atoms with Crippen LogP contribution in [0.25, 0.3) is 0 Å². The molecule has 4 nitrogen and oxygen atoms in total. The van der Waals surface area contributed by atoms with Crippen LogP contribution in [-0.2, 0) is 11.3 Å². The summed E-state index contributed by atoms with van der Waals surface area (Å²) in [6, 6.07) is 13.5. The molecule has 0 aliphatic carbocycles. The van der Waals surface area contributed by atoms with Gasteiger partial charge in [0.15, 0.2) is 0 Å². The van der Waals surface area contributed by atoms with Gasteiger partial charge in [-0.15, -0.1) is 0 Å². The molecule has 0 aliphatic heterocycles. The highest BCUT2D eigenvalue weighted by atomic mass is 19.1. The molecule has 2 aromatic carbocycles. The number of aliphatic hydroxyl groups is 1. The summed E-state index contributed by atoms with van der Waals surface area (Å²) in [7, 11) is 0. The highest BCUT2D eigenvalue weighted by Crippen LogP contribution is 2.20. The van der Waals surface area contributed by atoms with Crippen LogP contribution in [0, 0.1) is 5.82 Å². The molecule has 0 bridgehead atoms. The maximum absolute atomic E-state index is 13.7. The number of para-hydroxylation sites is 1. The van der Waals surface area contributed by atoms with Gasteiger partial charge in [0.05, 0.1) is 12.5 Å². The van der Waals surface area contributed by atoms with Crippen molar-refractivity contribution in [1.29, 1.82) is 0 Å². The number of benzene rings is 2. The van der Waals surface area contributed by atoms with Gasteiger partial charge in [0.1, 0.15) is 18.2 Å². The van der Waals surface area contributed by atoms with Crippen LogP contribution in [0.3, 0.4) is 0 Å². The fourth-order valence-corrected chi connectivity index (χ4v) is 2.25. The van der Waals surface area contributed by atoms with E-state index in [1.807, 2.05) is 18.2 Å². The van der Waals surface area contributed by atoms with E-state index in [0.717, 1.165) is 5.56 Å². The van der Waals surface area contributed by atoms with E-state index in [1.165, 1.54) is 6.07 Å². The molecule has 1 atom stereocenters. The number of nitrogens with one attached hydrogen (secondary N) is 1. The Bertz CT molecular complexity index is 660. The molecule has 1 unspecified atom stereocenters. The minimum atomic E-state index is -0.582. The number of aliphatic hydroxyl groups excluding tert-OH is 1. The summed E-state index contributed by atoms with van der Waals surface area (Å²) in [5, 5.41) is 11.6. The second-order valence-corrected chi connectivity index (χ2v) is 5.14. The highest BCUT2D eigenvalue weighted by Gasteiger charge is 2.18. The molecular formula is C18H20FNO3. The molecule has 2 N–H and O–H groups in total. The Labute approximate surface area is 134 Å². The van der Waals surface area contributed by atoms with Crippen molar-refractivity contribution in [3.05, 3.63) is 65.5 Å². The van der Waals surface area contributed by atoms with Crippen LogP contribution in [0.4, 0.5) is 4.39 Å². The predicted octanol–water partition coefficient (Wildman–Crippen LogP) is 2.62. The summed E-state index contributed by atoms with van der Waals surface area (Å²) < 4.78 is 19.2. The topological polar surface area (TPSA) is 58.6 Å². The summed E-state index contributed by atoms with van der Waals surface area (Å²) in [5.41, 5.74) is 1.17. The molecule has 0 fully saturated rings. The third-order valence-corrected chi connectivity index (χ3v) is 3.54. The molecule has 0 aromatic heterocycles. The van der Waals surface area contributed by atoms with Gasteiger partial charge in [-0.05, 0) is 24.6 Å². The van der Waals surface area contributed by atoms with E-state index >= 15 is 0 Å². The van der Waals surface area contributed by atoms with Crippen LogP contribution in [0.1, 0.15) is 24.0 Å². The molecule has 5 heteroatoms. The van der Waals surface area contributed by atoms with E-state index in [2.05, 4.69) is 5.32 Å². The quantitative estimate of drug-likeness (QED) is 0.825. The van der Waals surface area contributed by atoms with Crippen molar-refractivity contribution < 1.29 is 19.0 Å². The van der Waals surface area contributed by atoms with Gasteiger partial charge >= 0.3 is 0 Å². The van der Waals surface area contributed by atoms with Gasteiger partial charge in [-0.3, -0.25) is 4.79 Å². The number of ether oxygens (including phenoxy) is 1. The number of hydrogen-bond donors (Lipinski definition) is 2. The molecule has 0 aliphatic rings. The minimum absolute atomic E-state index is 0.0784. The Morgan fingerprint density at radius 2 is 1.91 bits per heavy atom. The molecule has 0 radical (unpaired) electrons. The highest BCUT2D eigenvalue weighted by molar-refractivity contribution is 5.83. The zero-order valence-electron chi connectivity index (χ0n) is 13.0. The van der Waals surface area contributed by atoms with Crippen molar-refractivity contribution in [3.8, 4) is 5.75 Å². The lowest BCUT2D eigenvalue weighted by atomic mass is 9.99. The van der Waals surface area contributed by atoms with Gasteiger partial charge in [-0.25, -0.2) is 4.39 Å². The fourth-order valence-electron chi connectivity index (χ4n) is 2.25. The van der Waals surface area contributed by atoms with Crippen molar-refractivity contribution in [2.24, 2.45) is 0 Å². The Hall–Kier alpha value is -2.40. The number of rotatable bonds is 7. The maximum atomic E-state index is 13.7. The van der Waals surface area contributed by atoms with Gasteiger partial charge in [-0.1, -0.05) is 36.4 Å². The number of halogens is 1. The lowest BCUT2D eigenvalue weighted by molar-refractivity contribution is -0.122. The zero-order valence-corrected chi connectivity index (χ0v) is 13.0. The van der Waals surface area contributed by atoms with Crippen molar-refractivity contribution in [3.63, 3.8) is 0 Å². The molecule has 0 spiro atoms. The molecule has 0 saturated heterocycles. The lowest BCUT2D eigenvalue weighted by Crippen LogP contribution is -2.28. The smallest absolute Gasteiger partial charge is 0.227 e. The third kappa shape index (κ3) is 4.53. The van der Waals surface area contributed by atoms with Gasteiger partial charge < -0.3 is 15.2 Å². The molecular weight excluding hydrogens is 297 g/mol. The molecule has 0 saturated carbocycles. The first-order valence-corrected chi connectivity index (χ1v) is 7.47. The van der Waals surface area contributed by atoms with Crippen molar-refractivity contribution >= 4 is 5.91 Å². The summed E-state index contributed by atoms with van der Waals surface area (Å²) >= 11 is 0. The van der Waals surface area contributed by atoms with E-state index < -0.39 is 5.92 Å². The molecule has 0 heterocycles. The summed E-state index contributed by atoms with van der Waals surface area (Å²) in [4.78, 5) is 12.2.